The minimum atomic E-state index is -4.63. The molecule has 182 valence electrons. The van der Waals surface area contributed by atoms with Gasteiger partial charge in [0.1, 0.15) is 5.69 Å². The van der Waals surface area contributed by atoms with Gasteiger partial charge < -0.3 is 10.0 Å². The molecule has 0 radical (unpaired) electrons. The van der Waals surface area contributed by atoms with Crippen LogP contribution in [0.1, 0.15) is 18.2 Å². The maximum atomic E-state index is 13.0. The van der Waals surface area contributed by atoms with Crippen LogP contribution in [0.25, 0.3) is 32.2 Å². The second kappa shape index (κ2) is 9.12. The summed E-state index contributed by atoms with van der Waals surface area (Å²) in [5, 5.41) is 0. The zero-order chi connectivity index (χ0) is 24.1. The van der Waals surface area contributed by atoms with Gasteiger partial charge in [-0.25, -0.2) is 9.97 Å². The Morgan fingerprint density at radius 3 is 2.24 bits per heavy atom. The molecule has 4 rings (SSSR count). The van der Waals surface area contributed by atoms with Crippen LogP contribution in [-0.2, 0) is 30.2 Å². The Morgan fingerprint density at radius 1 is 1.03 bits per heavy atom. The maximum Gasteiger partial charge on any atom is 0.433 e. The van der Waals surface area contributed by atoms with E-state index in [1.54, 1.807) is 24.6 Å². The first-order valence-electron chi connectivity index (χ1n) is 9.50. The Balaban J connectivity index is 0.00000324. The van der Waals surface area contributed by atoms with Gasteiger partial charge in [0.25, 0.3) is 0 Å². The van der Waals surface area contributed by atoms with E-state index in [0.717, 1.165) is 35.7 Å². The van der Waals surface area contributed by atoms with Crippen LogP contribution >= 0.6 is 11.3 Å². The van der Waals surface area contributed by atoms with Crippen LogP contribution in [-0.4, -0.2) is 30.0 Å². The van der Waals surface area contributed by atoms with Gasteiger partial charge in [-0.1, -0.05) is 19.1 Å². The Morgan fingerprint density at radius 2 is 1.68 bits per heavy atom. The van der Waals surface area contributed by atoms with E-state index in [-0.39, 0.29) is 16.7 Å². The van der Waals surface area contributed by atoms with E-state index < -0.39 is 34.4 Å². The Bertz CT molecular complexity index is 1360. The standard InChI is InChI=1S/C21H15F6N3OS2.H2O/c1-3-33(31)16-9-15(11-4-6-12(7-5-11)20(22,23)24)32-18(16)19-29-13-8-17(21(25,26)27)28-10-14(13)30(19)2;/h4-10H,3H2,1-2H3;1H2. The second-order valence-corrected chi connectivity index (χ2v) is 9.82. The topological polar surface area (TPSA) is 79.3 Å². The number of aromatic nitrogens is 3. The van der Waals surface area contributed by atoms with Crippen LogP contribution in [0.4, 0.5) is 26.3 Å². The Hall–Kier alpha value is -2.77. The normalized spacial score (nSPS) is 13.2. The highest BCUT2D eigenvalue weighted by atomic mass is 32.2. The van der Waals surface area contributed by atoms with Crippen molar-refractivity contribution < 1.29 is 36.0 Å². The quantitative estimate of drug-likeness (QED) is 0.323. The molecule has 0 bridgehead atoms. The summed E-state index contributed by atoms with van der Waals surface area (Å²) in [5.74, 6) is 0.575. The van der Waals surface area contributed by atoms with Crippen molar-refractivity contribution in [3.63, 3.8) is 0 Å². The van der Waals surface area contributed by atoms with Crippen LogP contribution < -0.4 is 0 Å². The lowest BCUT2D eigenvalue weighted by molar-refractivity contribution is -0.141. The molecule has 0 aliphatic heterocycles. The van der Waals surface area contributed by atoms with Gasteiger partial charge in [0, 0.05) is 17.7 Å². The van der Waals surface area contributed by atoms with Crippen LogP contribution in [0.5, 0.6) is 0 Å². The molecule has 3 aromatic heterocycles. The number of nitrogens with zero attached hydrogens (tertiary/aromatic N) is 3. The van der Waals surface area contributed by atoms with Gasteiger partial charge in [0.05, 0.1) is 43.4 Å². The first-order valence-corrected chi connectivity index (χ1v) is 11.6. The second-order valence-electron chi connectivity index (χ2n) is 7.06. The number of aryl methyl sites for hydroxylation is 1. The largest absolute Gasteiger partial charge is 0.433 e. The molecule has 1 aromatic carbocycles. The molecular formula is C21H17F6N3O2S2. The van der Waals surface area contributed by atoms with E-state index in [9.17, 15) is 30.6 Å². The number of benzene rings is 1. The Kier molecular flexibility index (Phi) is 6.93. The molecule has 0 spiro atoms. The molecule has 3 heterocycles. The molecule has 0 aliphatic carbocycles. The van der Waals surface area contributed by atoms with Gasteiger partial charge in [-0.2, -0.15) is 26.3 Å². The molecule has 34 heavy (non-hydrogen) atoms. The summed E-state index contributed by atoms with van der Waals surface area (Å²) in [6.45, 7) is 1.71. The van der Waals surface area contributed by atoms with E-state index in [4.69, 9.17) is 0 Å². The van der Waals surface area contributed by atoms with Gasteiger partial charge >= 0.3 is 12.4 Å². The molecule has 0 aliphatic rings. The van der Waals surface area contributed by atoms with Gasteiger partial charge in [-0.05, 0) is 29.8 Å². The van der Waals surface area contributed by atoms with Crippen LogP contribution in [0.2, 0.25) is 0 Å². The molecule has 0 fully saturated rings. The lowest BCUT2D eigenvalue weighted by Gasteiger charge is -2.06. The fourth-order valence-corrected chi connectivity index (χ4v) is 5.69. The number of hydrogen-bond acceptors (Lipinski definition) is 4. The summed E-state index contributed by atoms with van der Waals surface area (Å²) in [6, 6.07) is 7.05. The monoisotopic (exact) mass is 521 g/mol. The van der Waals surface area contributed by atoms with Crippen molar-refractivity contribution in [2.45, 2.75) is 24.2 Å². The van der Waals surface area contributed by atoms with Crippen molar-refractivity contribution in [3.05, 3.63) is 53.9 Å². The predicted molar refractivity (Wildman–Crippen MR) is 118 cm³/mol. The van der Waals surface area contributed by atoms with Gasteiger partial charge in [-0.3, -0.25) is 4.21 Å². The molecule has 2 N–H and O–H groups in total. The van der Waals surface area contributed by atoms with E-state index in [1.807, 2.05) is 0 Å². The van der Waals surface area contributed by atoms with Crippen LogP contribution in [0.15, 0.2) is 47.5 Å². The first kappa shape index (κ1) is 25.8. The third-order valence-electron chi connectivity index (χ3n) is 4.96. The number of rotatable bonds is 4. The molecular weight excluding hydrogens is 504 g/mol. The van der Waals surface area contributed by atoms with Gasteiger partial charge in [0.15, 0.2) is 5.82 Å². The van der Waals surface area contributed by atoms with E-state index in [0.29, 0.717) is 31.6 Å². The maximum absolute atomic E-state index is 13.0. The fourth-order valence-electron chi connectivity index (χ4n) is 3.27. The number of imidazole rings is 1. The molecule has 0 amide bonds. The molecule has 13 heteroatoms. The fraction of sp³-hybridized carbons (Fsp3) is 0.238. The molecule has 1 unspecified atom stereocenters. The van der Waals surface area contributed by atoms with Crippen LogP contribution in [0, 0.1) is 0 Å². The molecule has 4 aromatic rings. The van der Waals surface area contributed by atoms with Crippen molar-refractivity contribution in [1.29, 1.82) is 0 Å². The molecule has 5 nitrogen and oxygen atoms in total. The molecule has 0 saturated carbocycles. The highest BCUT2D eigenvalue weighted by molar-refractivity contribution is 7.85. The summed E-state index contributed by atoms with van der Waals surface area (Å²) in [4.78, 5) is 9.26. The smallest absolute Gasteiger partial charge is 0.412 e. The Labute approximate surface area is 195 Å². The van der Waals surface area contributed by atoms with E-state index in [2.05, 4.69) is 9.97 Å². The minimum Gasteiger partial charge on any atom is -0.412 e. The average Bonchev–Trinajstić information content (AvgIpc) is 3.33. The summed E-state index contributed by atoms with van der Waals surface area (Å²) in [6.07, 6.45) is -8.01. The van der Waals surface area contributed by atoms with Crippen molar-refractivity contribution in [2.75, 3.05) is 5.75 Å². The number of fused-ring (bicyclic) bond motifs is 1. The number of pyridine rings is 1. The summed E-state index contributed by atoms with van der Waals surface area (Å²) < 4.78 is 92.1. The first-order chi connectivity index (χ1) is 15.4. The predicted octanol–water partition coefficient (Wildman–Crippen LogP) is 5.70. The summed E-state index contributed by atoms with van der Waals surface area (Å²) in [7, 11) is 0.166. The molecule has 0 saturated heterocycles. The van der Waals surface area contributed by atoms with Crippen molar-refractivity contribution in [2.24, 2.45) is 7.05 Å². The third-order valence-corrected chi connectivity index (χ3v) is 7.61. The summed E-state index contributed by atoms with van der Waals surface area (Å²) in [5.41, 5.74) is -0.936. The van der Waals surface area contributed by atoms with Crippen LogP contribution in [0.3, 0.4) is 0 Å². The minimum absolute atomic E-state index is 0. The highest BCUT2D eigenvalue weighted by Crippen LogP contribution is 2.41. The molecule has 1 atom stereocenters. The number of alkyl halides is 6. The lowest BCUT2D eigenvalue weighted by atomic mass is 10.1. The van der Waals surface area contributed by atoms with Gasteiger partial charge in [-0.15, -0.1) is 11.3 Å². The third kappa shape index (κ3) is 4.72. The van der Waals surface area contributed by atoms with Crippen molar-refractivity contribution in [1.82, 2.24) is 14.5 Å². The number of halogens is 6. The number of hydrogen-bond donors (Lipinski definition) is 0. The van der Waals surface area contributed by atoms with Gasteiger partial charge in [0.2, 0.25) is 0 Å². The number of thiophene rings is 1. The SMILES string of the molecule is CCS(=O)c1cc(-c2ccc(C(F)(F)F)cc2)sc1-c1nc2cc(C(F)(F)F)ncc2n1C.O. The van der Waals surface area contributed by atoms with Crippen molar-refractivity contribution >= 4 is 33.2 Å². The summed E-state index contributed by atoms with van der Waals surface area (Å²) >= 11 is 1.16. The zero-order valence-electron chi connectivity index (χ0n) is 17.6. The van der Waals surface area contributed by atoms with E-state index in [1.165, 1.54) is 12.1 Å². The van der Waals surface area contributed by atoms with E-state index >= 15 is 0 Å². The average molecular weight is 522 g/mol. The zero-order valence-corrected chi connectivity index (χ0v) is 19.2. The highest BCUT2D eigenvalue weighted by Gasteiger charge is 2.33. The van der Waals surface area contributed by atoms with Crippen molar-refractivity contribution in [3.8, 4) is 21.1 Å². The lowest BCUT2D eigenvalue weighted by Crippen LogP contribution is -2.07.